The van der Waals surface area contributed by atoms with Crippen LogP contribution in [0.1, 0.15) is 25.4 Å². The zero-order valence-electron chi connectivity index (χ0n) is 15.2. The average molecular weight is 365 g/mol. The first-order chi connectivity index (χ1) is 13.0. The third-order valence-electron chi connectivity index (χ3n) is 4.22. The summed E-state index contributed by atoms with van der Waals surface area (Å²) in [5.74, 6) is 1.95. The van der Waals surface area contributed by atoms with Gasteiger partial charge in [-0.15, -0.1) is 10.2 Å². The van der Waals surface area contributed by atoms with Gasteiger partial charge in [0, 0.05) is 17.6 Å². The van der Waals surface area contributed by atoms with Gasteiger partial charge in [0.2, 0.25) is 0 Å². The van der Waals surface area contributed by atoms with Gasteiger partial charge in [-0.2, -0.15) is 9.61 Å². The van der Waals surface area contributed by atoms with Gasteiger partial charge in [0.25, 0.3) is 0 Å². The number of benzene rings is 1. The highest BCUT2D eigenvalue weighted by atomic mass is 16.5. The van der Waals surface area contributed by atoms with Crippen molar-refractivity contribution in [2.24, 2.45) is 0 Å². The van der Waals surface area contributed by atoms with Crippen LogP contribution in [0.3, 0.4) is 0 Å². The summed E-state index contributed by atoms with van der Waals surface area (Å²) in [6, 6.07) is 10.9. The molecule has 3 heterocycles. The fraction of sp³-hybridized carbons (Fsp3) is 0.263. The summed E-state index contributed by atoms with van der Waals surface area (Å²) in [4.78, 5) is 4.35. The Labute approximate surface area is 155 Å². The van der Waals surface area contributed by atoms with Crippen molar-refractivity contribution in [3.05, 3.63) is 54.1 Å². The number of nitrogens with zero attached hydrogens (tertiary/aromatic N) is 5. The van der Waals surface area contributed by atoms with Gasteiger partial charge in [-0.05, 0) is 44.2 Å². The van der Waals surface area contributed by atoms with Crippen molar-refractivity contribution in [2.45, 2.75) is 26.1 Å². The summed E-state index contributed by atoms with van der Waals surface area (Å²) in [6.07, 6.45) is 1.68. The lowest BCUT2D eigenvalue weighted by Crippen LogP contribution is -2.19. The molecule has 27 heavy (non-hydrogen) atoms. The van der Waals surface area contributed by atoms with Crippen molar-refractivity contribution >= 4 is 16.6 Å². The van der Waals surface area contributed by atoms with Crippen LogP contribution in [-0.4, -0.2) is 37.0 Å². The first kappa shape index (κ1) is 17.2. The number of methoxy groups -OCH3 is 1. The van der Waals surface area contributed by atoms with E-state index < -0.39 is 5.60 Å². The monoisotopic (exact) mass is 365 g/mol. The third-order valence-corrected chi connectivity index (χ3v) is 4.22. The number of aliphatic hydroxyl groups is 1. The van der Waals surface area contributed by atoms with E-state index in [0.29, 0.717) is 22.9 Å². The molecular weight excluding hydrogens is 346 g/mol. The number of ether oxygens (including phenoxy) is 2. The first-order valence-electron chi connectivity index (χ1n) is 8.45. The lowest BCUT2D eigenvalue weighted by atomic mass is 10.1. The van der Waals surface area contributed by atoms with Gasteiger partial charge in [0.05, 0.1) is 18.3 Å². The minimum absolute atomic E-state index is 0.175. The molecule has 0 radical (unpaired) electrons. The molecule has 3 aromatic heterocycles. The summed E-state index contributed by atoms with van der Waals surface area (Å²) < 4.78 is 12.8. The van der Waals surface area contributed by atoms with Crippen LogP contribution >= 0.6 is 0 Å². The van der Waals surface area contributed by atoms with Crippen LogP contribution < -0.4 is 9.47 Å². The van der Waals surface area contributed by atoms with Gasteiger partial charge < -0.3 is 14.6 Å². The Morgan fingerprint density at radius 1 is 1.11 bits per heavy atom. The topological polar surface area (TPSA) is 94.7 Å². The fourth-order valence-electron chi connectivity index (χ4n) is 2.75. The van der Waals surface area contributed by atoms with E-state index in [2.05, 4.69) is 20.3 Å². The summed E-state index contributed by atoms with van der Waals surface area (Å²) in [6.45, 7) is 3.53. The summed E-state index contributed by atoms with van der Waals surface area (Å²) in [5, 5.41) is 23.7. The van der Waals surface area contributed by atoms with Crippen LogP contribution in [0.4, 0.5) is 0 Å². The van der Waals surface area contributed by atoms with E-state index in [-0.39, 0.29) is 6.61 Å². The van der Waals surface area contributed by atoms with E-state index in [4.69, 9.17) is 9.47 Å². The lowest BCUT2D eigenvalue weighted by molar-refractivity contribution is 0.0724. The van der Waals surface area contributed by atoms with Gasteiger partial charge in [-0.25, -0.2) is 0 Å². The van der Waals surface area contributed by atoms with Crippen LogP contribution in [0.2, 0.25) is 0 Å². The van der Waals surface area contributed by atoms with Crippen molar-refractivity contribution in [3.63, 3.8) is 0 Å². The van der Waals surface area contributed by atoms with Crippen molar-refractivity contribution in [3.8, 4) is 11.5 Å². The molecule has 0 amide bonds. The molecule has 1 aromatic carbocycles. The highest BCUT2D eigenvalue weighted by Gasteiger charge is 2.20. The van der Waals surface area contributed by atoms with E-state index in [0.717, 1.165) is 16.7 Å². The van der Waals surface area contributed by atoms with Crippen molar-refractivity contribution in [2.75, 3.05) is 7.11 Å². The molecule has 0 bridgehead atoms. The van der Waals surface area contributed by atoms with E-state index in [1.807, 2.05) is 18.2 Å². The van der Waals surface area contributed by atoms with Crippen LogP contribution in [0.5, 0.6) is 11.5 Å². The van der Waals surface area contributed by atoms with Crippen LogP contribution in [0, 0.1) is 0 Å². The normalized spacial score (nSPS) is 11.9. The number of rotatable bonds is 5. The van der Waals surface area contributed by atoms with E-state index in [9.17, 15) is 5.11 Å². The molecule has 0 aliphatic carbocycles. The first-order valence-corrected chi connectivity index (χ1v) is 8.45. The molecule has 0 aliphatic heterocycles. The summed E-state index contributed by atoms with van der Waals surface area (Å²) in [7, 11) is 1.62. The maximum absolute atomic E-state index is 10.2. The van der Waals surface area contributed by atoms with Gasteiger partial charge in [-0.3, -0.25) is 4.98 Å². The van der Waals surface area contributed by atoms with Crippen LogP contribution in [0.15, 0.2) is 42.6 Å². The Morgan fingerprint density at radius 2 is 1.96 bits per heavy atom. The molecule has 138 valence electrons. The maximum Gasteiger partial charge on any atom is 0.192 e. The Kier molecular flexibility index (Phi) is 4.12. The second-order valence-corrected chi connectivity index (χ2v) is 6.64. The van der Waals surface area contributed by atoms with E-state index >= 15 is 0 Å². The number of pyridine rings is 1. The molecule has 8 heteroatoms. The standard InChI is InChI=1S/C19H19N5O3/c1-19(2,25)16-6-7-17-21-22-18(24(17)23-16)11-27-15-8-9-20-14-10-12(26-3)4-5-13(14)15/h4-10,25H,11H2,1-3H3. The average Bonchev–Trinajstić information content (AvgIpc) is 3.07. The predicted molar refractivity (Wildman–Crippen MR) is 98.7 cm³/mol. The zero-order chi connectivity index (χ0) is 19.0. The number of hydrogen-bond donors (Lipinski definition) is 1. The van der Waals surface area contributed by atoms with Crippen LogP contribution in [-0.2, 0) is 12.2 Å². The highest BCUT2D eigenvalue weighted by molar-refractivity contribution is 5.85. The van der Waals surface area contributed by atoms with Crippen molar-refractivity contribution in [1.82, 2.24) is 24.8 Å². The number of hydrogen-bond acceptors (Lipinski definition) is 7. The maximum atomic E-state index is 10.2. The largest absolute Gasteiger partial charge is 0.497 e. The lowest BCUT2D eigenvalue weighted by Gasteiger charge is -2.16. The number of fused-ring (bicyclic) bond motifs is 2. The minimum Gasteiger partial charge on any atom is -0.497 e. The molecule has 0 fully saturated rings. The third kappa shape index (κ3) is 3.26. The molecule has 4 rings (SSSR count). The smallest absolute Gasteiger partial charge is 0.192 e. The Hall–Kier alpha value is -3.26. The Bertz CT molecular complexity index is 1120. The Morgan fingerprint density at radius 3 is 2.74 bits per heavy atom. The minimum atomic E-state index is -1.06. The van der Waals surface area contributed by atoms with Gasteiger partial charge in [-0.1, -0.05) is 0 Å². The van der Waals surface area contributed by atoms with Crippen molar-refractivity contribution < 1.29 is 14.6 Å². The zero-order valence-corrected chi connectivity index (χ0v) is 15.2. The second-order valence-electron chi connectivity index (χ2n) is 6.64. The quantitative estimate of drug-likeness (QED) is 0.580. The summed E-state index contributed by atoms with van der Waals surface area (Å²) >= 11 is 0. The SMILES string of the molecule is COc1ccc2c(OCc3nnc4ccc(C(C)(C)O)nn34)ccnc2c1. The fourth-order valence-corrected chi connectivity index (χ4v) is 2.75. The molecule has 1 N–H and O–H groups in total. The second kappa shape index (κ2) is 6.48. The molecule has 4 aromatic rings. The molecule has 0 spiro atoms. The molecule has 0 aliphatic rings. The highest BCUT2D eigenvalue weighted by Crippen LogP contribution is 2.27. The van der Waals surface area contributed by atoms with Gasteiger partial charge >= 0.3 is 0 Å². The molecule has 8 nitrogen and oxygen atoms in total. The molecular formula is C19H19N5O3. The van der Waals surface area contributed by atoms with Crippen LogP contribution in [0.25, 0.3) is 16.6 Å². The molecule has 0 saturated carbocycles. The van der Waals surface area contributed by atoms with Gasteiger partial charge in [0.15, 0.2) is 11.5 Å². The predicted octanol–water partition coefficient (Wildman–Crippen LogP) is 2.49. The molecule has 0 saturated heterocycles. The summed E-state index contributed by atoms with van der Waals surface area (Å²) in [5.41, 5.74) is 0.834. The van der Waals surface area contributed by atoms with Crippen molar-refractivity contribution in [1.29, 1.82) is 0 Å². The van der Waals surface area contributed by atoms with Gasteiger partial charge in [0.1, 0.15) is 23.7 Å². The van der Waals surface area contributed by atoms with E-state index in [1.54, 1.807) is 49.9 Å². The van der Waals surface area contributed by atoms with E-state index in [1.165, 1.54) is 0 Å². The molecule has 0 atom stereocenters. The molecule has 0 unspecified atom stereocenters. The Balaban J connectivity index is 1.65. The number of aromatic nitrogens is 5.